The van der Waals surface area contributed by atoms with Crippen molar-refractivity contribution >= 4 is 16.6 Å². The summed E-state index contributed by atoms with van der Waals surface area (Å²) >= 11 is 0. The van der Waals surface area contributed by atoms with E-state index in [-0.39, 0.29) is 0 Å². The van der Waals surface area contributed by atoms with Gasteiger partial charge in [0.15, 0.2) is 0 Å². The molecule has 7 heteroatoms. The van der Waals surface area contributed by atoms with E-state index in [0.717, 1.165) is 44.7 Å². The molecule has 1 aliphatic rings. The molecule has 0 spiro atoms. The van der Waals surface area contributed by atoms with Gasteiger partial charge in [-0.3, -0.25) is 4.68 Å². The van der Waals surface area contributed by atoms with Crippen LogP contribution in [0.3, 0.4) is 0 Å². The minimum atomic E-state index is -0.657. The molecule has 1 atom stereocenters. The number of nitrogens with zero attached hydrogens (tertiary/aromatic N) is 3. The van der Waals surface area contributed by atoms with Crippen molar-refractivity contribution < 1.29 is 9.84 Å². The summed E-state index contributed by atoms with van der Waals surface area (Å²) in [7, 11) is 1.88. The molecule has 7 nitrogen and oxygen atoms in total. The van der Waals surface area contributed by atoms with Crippen LogP contribution in [0.1, 0.15) is 11.3 Å². The van der Waals surface area contributed by atoms with Crippen molar-refractivity contribution in [3.05, 3.63) is 84.6 Å². The number of rotatable bonds is 5. The molecular weight excluding hydrogens is 378 g/mol. The van der Waals surface area contributed by atoms with Gasteiger partial charge in [-0.1, -0.05) is 30.3 Å². The Hall–Kier alpha value is -3.84. The number of H-pyrrole nitrogens is 1. The first kappa shape index (κ1) is 18.2. The van der Waals surface area contributed by atoms with Crippen LogP contribution in [0.4, 0.5) is 0 Å². The molecule has 2 aromatic heterocycles. The maximum absolute atomic E-state index is 9.56. The van der Waals surface area contributed by atoms with Crippen LogP contribution in [0.15, 0.2) is 73.3 Å². The summed E-state index contributed by atoms with van der Waals surface area (Å²) < 4.78 is 7.77. The van der Waals surface area contributed by atoms with Crippen molar-refractivity contribution in [1.29, 1.82) is 0 Å². The monoisotopic (exact) mass is 399 g/mol. The zero-order chi connectivity index (χ0) is 20.5. The highest BCUT2D eigenvalue weighted by atomic mass is 16.5. The number of para-hydroxylation sites is 1. The lowest BCUT2D eigenvalue weighted by atomic mass is 10.0. The third kappa shape index (κ3) is 3.46. The van der Waals surface area contributed by atoms with Gasteiger partial charge in [0.2, 0.25) is 0 Å². The molecule has 0 saturated heterocycles. The van der Waals surface area contributed by atoms with E-state index in [1.807, 2.05) is 55.7 Å². The van der Waals surface area contributed by atoms with E-state index >= 15 is 0 Å². The normalized spacial score (nSPS) is 15.8. The number of fused-ring (bicyclic) bond motifs is 1. The topological polar surface area (TPSA) is 88.0 Å². The van der Waals surface area contributed by atoms with Gasteiger partial charge < -0.3 is 20.1 Å². The number of aliphatic hydroxyl groups excluding tert-OH is 1. The molecule has 0 bridgehead atoms. The number of aliphatic hydroxyl groups is 1. The van der Waals surface area contributed by atoms with E-state index in [4.69, 9.17) is 4.74 Å². The second-order valence-electron chi connectivity index (χ2n) is 7.15. The zero-order valence-corrected chi connectivity index (χ0v) is 16.4. The number of aryl methyl sites for hydroxylation is 1. The Morgan fingerprint density at radius 2 is 2.00 bits per heavy atom. The quantitative estimate of drug-likeness (QED) is 0.479. The molecule has 2 aromatic carbocycles. The standard InChI is InChI=1S/C23H21N5O2/c1-28-12-19(16-7-10-22(29)24-11-16)21(27-28)13-30-17-8-5-15(6-9-17)18-3-2-4-20-23(18)26-14-25-20/h2-12,14,22,24,29H,13H2,1H3,(H,25,26). The first-order valence-electron chi connectivity index (χ1n) is 9.68. The third-order valence-electron chi connectivity index (χ3n) is 5.07. The number of allylic oxidation sites excluding steroid dienone is 2. The van der Waals surface area contributed by atoms with Gasteiger partial charge in [0.25, 0.3) is 0 Å². The highest BCUT2D eigenvalue weighted by Gasteiger charge is 2.14. The Morgan fingerprint density at radius 1 is 1.13 bits per heavy atom. The van der Waals surface area contributed by atoms with E-state index in [9.17, 15) is 5.11 Å². The van der Waals surface area contributed by atoms with Gasteiger partial charge in [-0.2, -0.15) is 5.10 Å². The first-order chi connectivity index (χ1) is 14.7. The van der Waals surface area contributed by atoms with Gasteiger partial charge in [-0.25, -0.2) is 4.98 Å². The van der Waals surface area contributed by atoms with Gasteiger partial charge in [-0.15, -0.1) is 0 Å². The summed E-state index contributed by atoms with van der Waals surface area (Å²) in [5, 5.41) is 17.0. The summed E-state index contributed by atoms with van der Waals surface area (Å²) in [6.45, 7) is 0.345. The molecule has 4 aromatic rings. The molecule has 0 amide bonds. The molecule has 1 aliphatic heterocycles. The number of dihydropyridines is 1. The number of imidazole rings is 1. The lowest BCUT2D eigenvalue weighted by molar-refractivity contribution is 0.201. The summed E-state index contributed by atoms with van der Waals surface area (Å²) in [4.78, 5) is 7.57. The largest absolute Gasteiger partial charge is 0.487 e. The second-order valence-corrected chi connectivity index (χ2v) is 7.15. The van der Waals surface area contributed by atoms with Crippen molar-refractivity contribution in [2.75, 3.05) is 0 Å². The summed E-state index contributed by atoms with van der Waals surface area (Å²) in [5.74, 6) is 0.770. The highest BCUT2D eigenvalue weighted by Crippen LogP contribution is 2.28. The molecule has 5 rings (SSSR count). The Kier molecular flexibility index (Phi) is 4.57. The fourth-order valence-electron chi connectivity index (χ4n) is 3.60. The van der Waals surface area contributed by atoms with Crippen LogP contribution in [0.25, 0.3) is 27.7 Å². The molecular formula is C23H21N5O2. The van der Waals surface area contributed by atoms with Crippen LogP contribution in [0.2, 0.25) is 0 Å². The summed E-state index contributed by atoms with van der Waals surface area (Å²) in [6, 6.07) is 14.1. The maximum atomic E-state index is 9.56. The van der Waals surface area contributed by atoms with Crippen molar-refractivity contribution in [1.82, 2.24) is 25.1 Å². The fraction of sp³-hybridized carbons (Fsp3) is 0.130. The van der Waals surface area contributed by atoms with Gasteiger partial charge in [0.05, 0.1) is 17.4 Å². The Bertz CT molecular complexity index is 1250. The fourth-order valence-corrected chi connectivity index (χ4v) is 3.60. The molecule has 3 heterocycles. The van der Waals surface area contributed by atoms with Crippen LogP contribution in [0, 0.1) is 0 Å². The smallest absolute Gasteiger partial charge is 0.143 e. The van der Waals surface area contributed by atoms with Gasteiger partial charge >= 0.3 is 0 Å². The van der Waals surface area contributed by atoms with Gasteiger partial charge in [-0.05, 0) is 29.8 Å². The molecule has 150 valence electrons. The lowest BCUT2D eigenvalue weighted by Crippen LogP contribution is -2.23. The van der Waals surface area contributed by atoms with E-state index in [1.165, 1.54) is 0 Å². The second kappa shape index (κ2) is 7.53. The van der Waals surface area contributed by atoms with E-state index in [2.05, 4.69) is 26.4 Å². The number of hydrogen-bond acceptors (Lipinski definition) is 5. The number of hydrogen-bond donors (Lipinski definition) is 3. The number of aromatic nitrogens is 4. The number of ether oxygens (including phenoxy) is 1. The van der Waals surface area contributed by atoms with Crippen molar-refractivity contribution in [3.63, 3.8) is 0 Å². The zero-order valence-electron chi connectivity index (χ0n) is 16.4. The van der Waals surface area contributed by atoms with Crippen molar-refractivity contribution in [3.8, 4) is 16.9 Å². The first-order valence-corrected chi connectivity index (χ1v) is 9.68. The van der Waals surface area contributed by atoms with Crippen LogP contribution < -0.4 is 10.1 Å². The Balaban J connectivity index is 1.33. The van der Waals surface area contributed by atoms with E-state index in [1.54, 1.807) is 23.3 Å². The van der Waals surface area contributed by atoms with Crippen molar-refractivity contribution in [2.24, 2.45) is 7.05 Å². The van der Waals surface area contributed by atoms with Gasteiger partial charge in [0, 0.05) is 36.1 Å². The molecule has 0 radical (unpaired) electrons. The summed E-state index contributed by atoms with van der Waals surface area (Å²) in [6.07, 6.45) is 8.37. The van der Waals surface area contributed by atoms with Crippen molar-refractivity contribution in [2.45, 2.75) is 12.8 Å². The van der Waals surface area contributed by atoms with E-state index in [0.29, 0.717) is 6.61 Å². The Morgan fingerprint density at radius 3 is 2.80 bits per heavy atom. The maximum Gasteiger partial charge on any atom is 0.143 e. The minimum absolute atomic E-state index is 0.345. The lowest BCUT2D eigenvalue weighted by Gasteiger charge is -2.14. The average Bonchev–Trinajstić information content (AvgIpc) is 3.39. The van der Waals surface area contributed by atoms with Crippen LogP contribution >= 0.6 is 0 Å². The molecule has 30 heavy (non-hydrogen) atoms. The molecule has 0 fully saturated rings. The predicted octanol–water partition coefficient (Wildman–Crippen LogP) is 3.36. The molecule has 0 aliphatic carbocycles. The van der Waals surface area contributed by atoms with Crippen LogP contribution in [-0.4, -0.2) is 31.1 Å². The highest BCUT2D eigenvalue weighted by molar-refractivity contribution is 5.91. The summed E-state index contributed by atoms with van der Waals surface area (Å²) in [5.41, 5.74) is 6.89. The van der Waals surface area contributed by atoms with Crippen LogP contribution in [0.5, 0.6) is 5.75 Å². The molecule has 0 saturated carbocycles. The van der Waals surface area contributed by atoms with Gasteiger partial charge in [0.1, 0.15) is 24.3 Å². The minimum Gasteiger partial charge on any atom is -0.487 e. The van der Waals surface area contributed by atoms with E-state index < -0.39 is 6.23 Å². The Labute approximate surface area is 173 Å². The average molecular weight is 399 g/mol. The number of aromatic amines is 1. The molecule has 3 N–H and O–H groups in total. The third-order valence-corrected chi connectivity index (χ3v) is 5.07. The predicted molar refractivity (Wildman–Crippen MR) is 115 cm³/mol. The number of nitrogens with one attached hydrogen (secondary N) is 2. The van der Waals surface area contributed by atoms with Crippen LogP contribution in [-0.2, 0) is 13.7 Å². The SMILES string of the molecule is Cn1cc(C2=CNC(O)C=C2)c(COc2ccc(-c3cccc4[nH]cnc34)cc2)n1. The number of benzene rings is 2. The molecule has 1 unspecified atom stereocenters.